The summed E-state index contributed by atoms with van der Waals surface area (Å²) in [6, 6.07) is 2.05. The van der Waals surface area contributed by atoms with Crippen LogP contribution in [0.15, 0.2) is 18.5 Å². The molecule has 0 unspecified atom stereocenters. The van der Waals surface area contributed by atoms with Crippen LogP contribution in [-0.2, 0) is 13.1 Å². The van der Waals surface area contributed by atoms with Crippen LogP contribution in [0.4, 0.5) is 0 Å². The lowest BCUT2D eigenvalue weighted by Gasteiger charge is -2.04. The molecule has 96 valence electrons. The van der Waals surface area contributed by atoms with E-state index in [0.717, 1.165) is 17.9 Å². The zero-order valence-corrected chi connectivity index (χ0v) is 11.1. The van der Waals surface area contributed by atoms with E-state index >= 15 is 0 Å². The third-order valence-corrected chi connectivity index (χ3v) is 2.89. The van der Waals surface area contributed by atoms with E-state index in [1.165, 1.54) is 0 Å². The summed E-state index contributed by atoms with van der Waals surface area (Å²) in [5.74, 6) is 0.126. The summed E-state index contributed by atoms with van der Waals surface area (Å²) in [6.45, 7) is 7.38. The molecule has 0 saturated heterocycles. The first-order chi connectivity index (χ1) is 8.63. The highest BCUT2D eigenvalue weighted by atomic mass is 16.1. The molecular weight excluding hydrogens is 228 g/mol. The Labute approximate surface area is 106 Å². The summed E-state index contributed by atoms with van der Waals surface area (Å²) in [7, 11) is 0. The van der Waals surface area contributed by atoms with Gasteiger partial charge in [0.2, 0.25) is 0 Å². The molecule has 0 aromatic carbocycles. The Morgan fingerprint density at radius 2 is 2.17 bits per heavy atom. The molecule has 2 heterocycles. The zero-order chi connectivity index (χ0) is 13.1. The standard InChI is InChI=1S/C13H18N4O/c1-4-13(18)11-7-14-16(8-11)9-12-6-10(3)15-17(12)5-2/h6-8H,4-5,9H2,1-3H3. The van der Waals surface area contributed by atoms with Crippen LogP contribution in [0.25, 0.3) is 0 Å². The molecule has 0 N–H and O–H groups in total. The Morgan fingerprint density at radius 3 is 2.83 bits per heavy atom. The molecule has 5 heteroatoms. The third-order valence-electron chi connectivity index (χ3n) is 2.89. The Hall–Kier alpha value is -1.91. The summed E-state index contributed by atoms with van der Waals surface area (Å²) in [5.41, 5.74) is 2.79. The number of nitrogens with zero attached hydrogens (tertiary/aromatic N) is 4. The minimum absolute atomic E-state index is 0.126. The fourth-order valence-electron chi connectivity index (χ4n) is 1.96. The molecule has 2 aromatic rings. The molecule has 0 fully saturated rings. The van der Waals surface area contributed by atoms with Crippen molar-refractivity contribution >= 4 is 5.78 Å². The number of carbonyl (C=O) groups excluding carboxylic acids is 1. The average molecular weight is 246 g/mol. The first-order valence-electron chi connectivity index (χ1n) is 6.23. The predicted octanol–water partition coefficient (Wildman–Crippen LogP) is 2.05. The number of Topliss-reactive ketones (excluding diaryl/α,β-unsaturated/α-hetero) is 1. The molecule has 18 heavy (non-hydrogen) atoms. The van der Waals surface area contributed by atoms with Crippen LogP contribution in [0, 0.1) is 6.92 Å². The highest BCUT2D eigenvalue weighted by Gasteiger charge is 2.09. The van der Waals surface area contributed by atoms with Gasteiger partial charge in [-0.05, 0) is 19.9 Å². The summed E-state index contributed by atoms with van der Waals surface area (Å²) < 4.78 is 3.74. The quantitative estimate of drug-likeness (QED) is 0.759. The number of hydrogen-bond donors (Lipinski definition) is 0. The van der Waals surface area contributed by atoms with Gasteiger partial charge in [-0.3, -0.25) is 14.2 Å². The number of carbonyl (C=O) groups is 1. The maximum atomic E-state index is 11.5. The number of rotatable bonds is 5. The minimum Gasteiger partial charge on any atom is -0.294 e. The Kier molecular flexibility index (Phi) is 3.60. The van der Waals surface area contributed by atoms with E-state index < -0.39 is 0 Å². The smallest absolute Gasteiger partial charge is 0.165 e. The van der Waals surface area contributed by atoms with E-state index in [4.69, 9.17) is 0 Å². The maximum absolute atomic E-state index is 11.5. The van der Waals surface area contributed by atoms with Crippen LogP contribution in [0.3, 0.4) is 0 Å². The molecular formula is C13H18N4O. The first kappa shape index (κ1) is 12.5. The molecule has 2 aromatic heterocycles. The number of aromatic nitrogens is 4. The first-order valence-corrected chi connectivity index (χ1v) is 6.23. The monoisotopic (exact) mass is 246 g/mol. The summed E-state index contributed by atoms with van der Waals surface area (Å²) in [4.78, 5) is 11.5. The molecule has 0 amide bonds. The van der Waals surface area contributed by atoms with Crippen molar-refractivity contribution in [2.24, 2.45) is 0 Å². The van der Waals surface area contributed by atoms with Gasteiger partial charge in [0.15, 0.2) is 5.78 Å². The van der Waals surface area contributed by atoms with Gasteiger partial charge in [-0.1, -0.05) is 6.92 Å². The van der Waals surface area contributed by atoms with Crippen LogP contribution in [0.5, 0.6) is 0 Å². The molecule has 0 spiro atoms. The highest BCUT2D eigenvalue weighted by Crippen LogP contribution is 2.08. The Bertz CT molecular complexity index is 553. The Morgan fingerprint density at radius 1 is 1.39 bits per heavy atom. The van der Waals surface area contributed by atoms with Gasteiger partial charge in [-0.25, -0.2) is 0 Å². The van der Waals surface area contributed by atoms with E-state index in [1.54, 1.807) is 17.1 Å². The molecule has 0 aliphatic rings. The SMILES string of the molecule is CCC(=O)c1cnn(Cc2cc(C)nn2CC)c1. The van der Waals surface area contributed by atoms with E-state index in [2.05, 4.69) is 17.1 Å². The second-order valence-corrected chi connectivity index (χ2v) is 4.30. The van der Waals surface area contributed by atoms with Crippen LogP contribution in [0.2, 0.25) is 0 Å². The normalized spacial score (nSPS) is 10.8. The summed E-state index contributed by atoms with van der Waals surface area (Å²) >= 11 is 0. The minimum atomic E-state index is 0.126. The van der Waals surface area contributed by atoms with Crippen molar-refractivity contribution in [3.05, 3.63) is 35.4 Å². The van der Waals surface area contributed by atoms with Crippen LogP contribution in [-0.4, -0.2) is 25.3 Å². The van der Waals surface area contributed by atoms with Crippen molar-refractivity contribution in [3.63, 3.8) is 0 Å². The highest BCUT2D eigenvalue weighted by molar-refractivity contribution is 5.95. The van der Waals surface area contributed by atoms with E-state index in [0.29, 0.717) is 18.5 Å². The number of aryl methyl sites for hydroxylation is 2. The van der Waals surface area contributed by atoms with E-state index in [-0.39, 0.29) is 5.78 Å². The topological polar surface area (TPSA) is 52.7 Å². The lowest BCUT2D eigenvalue weighted by Crippen LogP contribution is -2.08. The van der Waals surface area contributed by atoms with Crippen LogP contribution < -0.4 is 0 Å². The van der Waals surface area contributed by atoms with E-state index in [9.17, 15) is 4.79 Å². The predicted molar refractivity (Wildman–Crippen MR) is 68.6 cm³/mol. The lowest BCUT2D eigenvalue weighted by molar-refractivity contribution is 0.0988. The second-order valence-electron chi connectivity index (χ2n) is 4.30. The number of ketones is 1. The average Bonchev–Trinajstić information content (AvgIpc) is 2.95. The zero-order valence-electron chi connectivity index (χ0n) is 11.1. The van der Waals surface area contributed by atoms with E-state index in [1.807, 2.05) is 24.6 Å². The van der Waals surface area contributed by atoms with Gasteiger partial charge in [0.05, 0.1) is 29.7 Å². The molecule has 0 atom stereocenters. The molecule has 0 aliphatic carbocycles. The van der Waals surface area contributed by atoms with Gasteiger partial charge in [0, 0.05) is 19.2 Å². The lowest BCUT2D eigenvalue weighted by atomic mass is 10.2. The van der Waals surface area contributed by atoms with Crippen molar-refractivity contribution in [3.8, 4) is 0 Å². The molecule has 0 bridgehead atoms. The van der Waals surface area contributed by atoms with Crippen LogP contribution >= 0.6 is 0 Å². The molecule has 0 radical (unpaired) electrons. The van der Waals surface area contributed by atoms with Crippen molar-refractivity contribution in [1.82, 2.24) is 19.6 Å². The van der Waals surface area contributed by atoms with Crippen molar-refractivity contribution in [2.45, 2.75) is 40.3 Å². The van der Waals surface area contributed by atoms with Gasteiger partial charge in [0.1, 0.15) is 0 Å². The maximum Gasteiger partial charge on any atom is 0.165 e. The number of hydrogen-bond acceptors (Lipinski definition) is 3. The molecule has 0 aliphatic heterocycles. The van der Waals surface area contributed by atoms with Crippen molar-refractivity contribution in [2.75, 3.05) is 0 Å². The van der Waals surface area contributed by atoms with Gasteiger partial charge in [-0.15, -0.1) is 0 Å². The molecule has 0 saturated carbocycles. The Balaban J connectivity index is 2.18. The fraction of sp³-hybridized carbons (Fsp3) is 0.462. The summed E-state index contributed by atoms with van der Waals surface area (Å²) in [5, 5.41) is 8.61. The van der Waals surface area contributed by atoms with Gasteiger partial charge in [-0.2, -0.15) is 10.2 Å². The third kappa shape index (κ3) is 2.50. The van der Waals surface area contributed by atoms with Gasteiger partial charge in [0.25, 0.3) is 0 Å². The summed E-state index contributed by atoms with van der Waals surface area (Å²) in [6.07, 6.45) is 3.94. The van der Waals surface area contributed by atoms with Gasteiger partial charge < -0.3 is 0 Å². The second kappa shape index (κ2) is 5.16. The van der Waals surface area contributed by atoms with Crippen molar-refractivity contribution < 1.29 is 4.79 Å². The fourth-order valence-corrected chi connectivity index (χ4v) is 1.96. The molecule has 2 rings (SSSR count). The van der Waals surface area contributed by atoms with Gasteiger partial charge >= 0.3 is 0 Å². The van der Waals surface area contributed by atoms with Crippen molar-refractivity contribution in [1.29, 1.82) is 0 Å². The largest absolute Gasteiger partial charge is 0.294 e. The molecule has 5 nitrogen and oxygen atoms in total. The van der Waals surface area contributed by atoms with Crippen LogP contribution in [0.1, 0.15) is 42.0 Å².